The Kier molecular flexibility index (Phi) is 1.82. The molecule has 1 aromatic rings. The molecule has 1 heterocycles. The number of ether oxygens (including phenoxy) is 1. The lowest BCUT2D eigenvalue weighted by Crippen LogP contribution is -2.09. The van der Waals surface area contributed by atoms with E-state index in [1.165, 1.54) is 6.07 Å². The molecular weight excluding hydrogens is 198 g/mol. The maximum absolute atomic E-state index is 13.3. The molecular formula is C9H7ClF2O. The van der Waals surface area contributed by atoms with E-state index in [0.717, 1.165) is 6.07 Å². The molecule has 0 bridgehead atoms. The third-order valence-electron chi connectivity index (χ3n) is 2.15. The number of rotatable bonds is 1. The molecule has 0 amide bonds. The molecule has 1 atom stereocenters. The fourth-order valence-corrected chi connectivity index (χ4v) is 1.42. The first-order chi connectivity index (χ1) is 6.04. The van der Waals surface area contributed by atoms with E-state index in [1.807, 2.05) is 0 Å². The lowest BCUT2D eigenvalue weighted by molar-refractivity contribution is 0.312. The highest BCUT2D eigenvalue weighted by Crippen LogP contribution is 2.42. The van der Waals surface area contributed by atoms with Gasteiger partial charge in [0.1, 0.15) is 11.4 Å². The zero-order valence-corrected chi connectivity index (χ0v) is 7.66. The van der Waals surface area contributed by atoms with E-state index in [4.69, 9.17) is 16.3 Å². The van der Waals surface area contributed by atoms with E-state index < -0.39 is 17.2 Å². The van der Waals surface area contributed by atoms with Gasteiger partial charge in [0.2, 0.25) is 0 Å². The van der Waals surface area contributed by atoms with Crippen LogP contribution in [0.3, 0.4) is 0 Å². The summed E-state index contributed by atoms with van der Waals surface area (Å²) >= 11 is 5.52. The Hall–Kier alpha value is -0.670. The van der Waals surface area contributed by atoms with Crippen molar-refractivity contribution in [3.05, 3.63) is 34.4 Å². The molecule has 0 spiro atoms. The molecule has 0 N–H and O–H groups in total. The second-order valence-corrected chi connectivity index (χ2v) is 3.64. The minimum Gasteiger partial charge on any atom is -0.365 e. The van der Waals surface area contributed by atoms with Crippen molar-refractivity contribution < 1.29 is 13.5 Å². The molecule has 0 saturated carbocycles. The average molecular weight is 205 g/mol. The highest BCUT2D eigenvalue weighted by Gasteiger charge is 2.45. The van der Waals surface area contributed by atoms with Crippen LogP contribution in [0.2, 0.25) is 5.02 Å². The minimum absolute atomic E-state index is 0.0694. The monoisotopic (exact) mass is 204 g/mol. The third kappa shape index (κ3) is 1.32. The van der Waals surface area contributed by atoms with Crippen molar-refractivity contribution in [1.29, 1.82) is 0 Å². The van der Waals surface area contributed by atoms with Gasteiger partial charge >= 0.3 is 0 Å². The Morgan fingerprint density at radius 2 is 2.08 bits per heavy atom. The lowest BCUT2D eigenvalue weighted by atomic mass is 10.0. The van der Waals surface area contributed by atoms with Gasteiger partial charge in [-0.15, -0.1) is 0 Å². The smallest absolute Gasteiger partial charge is 0.150 e. The van der Waals surface area contributed by atoms with Gasteiger partial charge in [-0.1, -0.05) is 11.6 Å². The summed E-state index contributed by atoms with van der Waals surface area (Å²) in [5, 5.41) is -0.0758. The fraction of sp³-hybridized carbons (Fsp3) is 0.333. The van der Waals surface area contributed by atoms with Gasteiger partial charge in [0.05, 0.1) is 17.2 Å². The van der Waals surface area contributed by atoms with Crippen molar-refractivity contribution in [2.24, 2.45) is 0 Å². The summed E-state index contributed by atoms with van der Waals surface area (Å²) in [5.74, 6) is -1.33. The summed E-state index contributed by atoms with van der Waals surface area (Å²) in [6.45, 7) is 1.96. The van der Waals surface area contributed by atoms with Crippen LogP contribution in [0.25, 0.3) is 0 Å². The van der Waals surface area contributed by atoms with Crippen molar-refractivity contribution in [3.63, 3.8) is 0 Å². The number of hydrogen-bond donors (Lipinski definition) is 0. The van der Waals surface area contributed by atoms with Gasteiger partial charge in [0.25, 0.3) is 0 Å². The van der Waals surface area contributed by atoms with Crippen molar-refractivity contribution in [1.82, 2.24) is 0 Å². The van der Waals surface area contributed by atoms with Crippen LogP contribution in [0.4, 0.5) is 8.78 Å². The molecule has 0 aromatic heterocycles. The van der Waals surface area contributed by atoms with Gasteiger partial charge in [0, 0.05) is 0 Å². The Balaban J connectivity index is 2.61. The van der Waals surface area contributed by atoms with Crippen molar-refractivity contribution >= 4 is 11.6 Å². The summed E-state index contributed by atoms with van der Waals surface area (Å²) in [6.07, 6.45) is 0. The van der Waals surface area contributed by atoms with Gasteiger partial charge in [-0.05, 0) is 19.1 Å². The van der Waals surface area contributed by atoms with Crippen molar-refractivity contribution in [2.75, 3.05) is 6.61 Å². The van der Waals surface area contributed by atoms with Gasteiger partial charge in [-0.25, -0.2) is 8.78 Å². The number of epoxide rings is 1. The van der Waals surface area contributed by atoms with E-state index in [9.17, 15) is 8.78 Å². The van der Waals surface area contributed by atoms with Gasteiger partial charge in [-0.2, -0.15) is 0 Å². The van der Waals surface area contributed by atoms with Crippen LogP contribution in [-0.4, -0.2) is 6.61 Å². The normalized spacial score (nSPS) is 26.2. The largest absolute Gasteiger partial charge is 0.365 e. The summed E-state index contributed by atoms with van der Waals surface area (Å²) in [4.78, 5) is 0. The Morgan fingerprint density at radius 1 is 1.46 bits per heavy atom. The zero-order chi connectivity index (χ0) is 9.64. The summed E-state index contributed by atoms with van der Waals surface area (Å²) < 4.78 is 31.5. The maximum atomic E-state index is 13.3. The number of benzene rings is 1. The first-order valence-corrected chi connectivity index (χ1v) is 4.20. The Labute approximate surface area is 79.3 Å². The van der Waals surface area contributed by atoms with Crippen molar-refractivity contribution in [2.45, 2.75) is 12.5 Å². The SMILES string of the molecule is CC1(c2c(F)ccc(Cl)c2F)CO1. The summed E-state index contributed by atoms with van der Waals surface area (Å²) in [6, 6.07) is 2.34. The molecule has 1 unspecified atom stereocenters. The number of halogens is 3. The molecule has 4 heteroatoms. The molecule has 1 aromatic carbocycles. The molecule has 1 fully saturated rings. The Bertz CT molecular complexity index is 361. The second kappa shape index (κ2) is 2.66. The van der Waals surface area contributed by atoms with Crippen LogP contribution in [0.1, 0.15) is 12.5 Å². The van der Waals surface area contributed by atoms with E-state index in [2.05, 4.69) is 0 Å². The van der Waals surface area contributed by atoms with Crippen LogP contribution in [0.15, 0.2) is 12.1 Å². The molecule has 2 rings (SSSR count). The highest BCUT2D eigenvalue weighted by molar-refractivity contribution is 6.30. The molecule has 70 valence electrons. The fourth-order valence-electron chi connectivity index (χ4n) is 1.26. The first-order valence-electron chi connectivity index (χ1n) is 3.82. The zero-order valence-electron chi connectivity index (χ0n) is 6.90. The standard InChI is InChI=1S/C9H7ClF2O/c1-9(4-13-9)7-6(11)3-2-5(10)8(7)12/h2-3H,4H2,1H3. The highest BCUT2D eigenvalue weighted by atomic mass is 35.5. The molecule has 1 nitrogen and oxygen atoms in total. The van der Waals surface area contributed by atoms with Gasteiger partial charge < -0.3 is 4.74 Å². The predicted octanol–water partition coefficient (Wildman–Crippen LogP) is 2.86. The van der Waals surface area contributed by atoms with E-state index in [0.29, 0.717) is 6.61 Å². The summed E-state index contributed by atoms with van der Waals surface area (Å²) in [7, 11) is 0. The minimum atomic E-state index is -0.820. The predicted molar refractivity (Wildman–Crippen MR) is 44.7 cm³/mol. The molecule has 0 radical (unpaired) electrons. The second-order valence-electron chi connectivity index (χ2n) is 3.24. The van der Waals surface area contributed by atoms with Crippen LogP contribution in [0, 0.1) is 11.6 Å². The van der Waals surface area contributed by atoms with Crippen LogP contribution < -0.4 is 0 Å². The lowest BCUT2D eigenvalue weighted by Gasteiger charge is -2.09. The average Bonchev–Trinajstić information content (AvgIpc) is 2.78. The van der Waals surface area contributed by atoms with E-state index >= 15 is 0 Å². The Morgan fingerprint density at radius 3 is 2.62 bits per heavy atom. The van der Waals surface area contributed by atoms with Gasteiger partial charge in [-0.3, -0.25) is 0 Å². The summed E-state index contributed by atoms with van der Waals surface area (Å²) in [5.41, 5.74) is -0.890. The molecule has 0 aliphatic carbocycles. The third-order valence-corrected chi connectivity index (χ3v) is 2.44. The van der Waals surface area contributed by atoms with Crippen LogP contribution >= 0.6 is 11.6 Å². The van der Waals surface area contributed by atoms with Crippen molar-refractivity contribution in [3.8, 4) is 0 Å². The number of hydrogen-bond acceptors (Lipinski definition) is 1. The van der Waals surface area contributed by atoms with Crippen LogP contribution in [0.5, 0.6) is 0 Å². The maximum Gasteiger partial charge on any atom is 0.150 e. The molecule has 13 heavy (non-hydrogen) atoms. The van der Waals surface area contributed by atoms with Gasteiger partial charge in [0.15, 0.2) is 5.82 Å². The van der Waals surface area contributed by atoms with E-state index in [1.54, 1.807) is 6.92 Å². The molecule has 1 aliphatic heterocycles. The quantitative estimate of drug-likeness (QED) is 0.506. The first kappa shape index (κ1) is 8.91. The van der Waals surface area contributed by atoms with Crippen LogP contribution in [-0.2, 0) is 10.3 Å². The molecule has 1 saturated heterocycles. The molecule has 1 aliphatic rings. The van der Waals surface area contributed by atoms with E-state index in [-0.39, 0.29) is 10.6 Å². The topological polar surface area (TPSA) is 12.5 Å².